The van der Waals surface area contributed by atoms with Crippen molar-refractivity contribution < 1.29 is 9.90 Å². The molecule has 0 aliphatic heterocycles. The van der Waals surface area contributed by atoms with E-state index in [2.05, 4.69) is 5.32 Å². The molecule has 1 rings (SSSR count). The predicted octanol–water partition coefficient (Wildman–Crippen LogP) is 1.77. The monoisotopic (exact) mass is 185 g/mol. The predicted molar refractivity (Wildman–Crippen MR) is 51.7 cm³/mol. The van der Waals surface area contributed by atoms with E-state index < -0.39 is 5.97 Å². The second kappa shape index (κ2) is 5.22. The summed E-state index contributed by atoms with van der Waals surface area (Å²) in [5, 5.41) is 12.1. The van der Waals surface area contributed by atoms with Crippen molar-refractivity contribution in [3.63, 3.8) is 0 Å². The molecule has 0 amide bonds. The third kappa shape index (κ3) is 3.35. The Morgan fingerprint density at radius 1 is 1.54 bits per heavy atom. The molecule has 3 nitrogen and oxygen atoms in total. The largest absolute Gasteiger partial charge is 0.480 e. The van der Waals surface area contributed by atoms with Gasteiger partial charge in [-0.2, -0.15) is 0 Å². The lowest BCUT2D eigenvalue weighted by Crippen LogP contribution is -2.42. The van der Waals surface area contributed by atoms with Crippen molar-refractivity contribution in [3.05, 3.63) is 0 Å². The molecule has 2 N–H and O–H groups in total. The molecule has 0 radical (unpaired) electrons. The van der Waals surface area contributed by atoms with E-state index >= 15 is 0 Å². The van der Waals surface area contributed by atoms with Crippen LogP contribution in [0.25, 0.3) is 0 Å². The Morgan fingerprint density at radius 2 is 2.15 bits per heavy atom. The fourth-order valence-corrected chi connectivity index (χ4v) is 1.94. The molecule has 13 heavy (non-hydrogen) atoms. The van der Waals surface area contributed by atoms with E-state index in [0.29, 0.717) is 6.04 Å². The highest BCUT2D eigenvalue weighted by atomic mass is 16.4. The van der Waals surface area contributed by atoms with Gasteiger partial charge in [0.15, 0.2) is 0 Å². The van der Waals surface area contributed by atoms with Crippen molar-refractivity contribution >= 4 is 5.97 Å². The lowest BCUT2D eigenvalue weighted by atomic mass is 10.1. The second-order valence-electron chi connectivity index (χ2n) is 3.83. The van der Waals surface area contributed by atoms with Crippen molar-refractivity contribution in [2.24, 2.45) is 0 Å². The molecule has 0 bridgehead atoms. The van der Waals surface area contributed by atoms with Crippen LogP contribution >= 0.6 is 0 Å². The van der Waals surface area contributed by atoms with E-state index in [0.717, 1.165) is 25.7 Å². The Bertz CT molecular complexity index is 164. The molecule has 76 valence electrons. The van der Waals surface area contributed by atoms with Crippen LogP contribution in [0.15, 0.2) is 0 Å². The van der Waals surface area contributed by atoms with Gasteiger partial charge in [-0.25, -0.2) is 0 Å². The van der Waals surface area contributed by atoms with E-state index in [4.69, 9.17) is 5.11 Å². The number of rotatable bonds is 5. The van der Waals surface area contributed by atoms with Crippen LogP contribution in [0.5, 0.6) is 0 Å². The molecule has 3 heteroatoms. The lowest BCUT2D eigenvalue weighted by Gasteiger charge is -2.18. The van der Waals surface area contributed by atoms with Crippen LogP contribution in [-0.2, 0) is 4.79 Å². The van der Waals surface area contributed by atoms with Gasteiger partial charge in [0, 0.05) is 6.04 Å². The molecule has 0 saturated heterocycles. The lowest BCUT2D eigenvalue weighted by molar-refractivity contribution is -0.139. The molecule has 1 unspecified atom stereocenters. The fraction of sp³-hybridized carbons (Fsp3) is 0.900. The maximum atomic E-state index is 10.8. The summed E-state index contributed by atoms with van der Waals surface area (Å²) in [6.07, 6.45) is 6.45. The summed E-state index contributed by atoms with van der Waals surface area (Å²) in [6.45, 7) is 2.02. The SMILES string of the molecule is CCCC(NC1CCCC1)C(=O)O. The number of carboxylic acids is 1. The summed E-state index contributed by atoms with van der Waals surface area (Å²) >= 11 is 0. The molecular weight excluding hydrogens is 166 g/mol. The summed E-state index contributed by atoms with van der Waals surface area (Å²) in [4.78, 5) is 10.8. The zero-order valence-corrected chi connectivity index (χ0v) is 8.25. The van der Waals surface area contributed by atoms with Crippen molar-refractivity contribution in [2.45, 2.75) is 57.5 Å². The molecule has 1 fully saturated rings. The fourth-order valence-electron chi connectivity index (χ4n) is 1.94. The summed E-state index contributed by atoms with van der Waals surface area (Å²) in [7, 11) is 0. The van der Waals surface area contributed by atoms with Gasteiger partial charge in [-0.1, -0.05) is 26.2 Å². The van der Waals surface area contributed by atoms with Crippen molar-refractivity contribution in [1.82, 2.24) is 5.32 Å². The van der Waals surface area contributed by atoms with Crippen LogP contribution in [0.2, 0.25) is 0 Å². The number of carbonyl (C=O) groups is 1. The second-order valence-corrected chi connectivity index (χ2v) is 3.83. The molecule has 1 aliphatic rings. The summed E-state index contributed by atoms with van der Waals surface area (Å²) in [5.41, 5.74) is 0. The third-order valence-corrected chi connectivity index (χ3v) is 2.67. The Morgan fingerprint density at radius 3 is 2.62 bits per heavy atom. The van der Waals surface area contributed by atoms with Gasteiger partial charge in [0.25, 0.3) is 0 Å². The smallest absolute Gasteiger partial charge is 0.320 e. The van der Waals surface area contributed by atoms with Gasteiger partial charge in [0.05, 0.1) is 0 Å². The zero-order valence-electron chi connectivity index (χ0n) is 8.25. The van der Waals surface area contributed by atoms with E-state index in [1.807, 2.05) is 6.92 Å². The number of carboxylic acid groups (broad SMARTS) is 1. The van der Waals surface area contributed by atoms with Gasteiger partial charge >= 0.3 is 5.97 Å². The number of hydrogen-bond acceptors (Lipinski definition) is 2. The summed E-state index contributed by atoms with van der Waals surface area (Å²) in [5.74, 6) is -0.700. The molecule has 1 aliphatic carbocycles. The van der Waals surface area contributed by atoms with Crippen LogP contribution in [-0.4, -0.2) is 23.2 Å². The first kappa shape index (κ1) is 10.5. The van der Waals surface area contributed by atoms with Gasteiger partial charge < -0.3 is 10.4 Å². The number of aliphatic carboxylic acids is 1. The molecule has 1 saturated carbocycles. The van der Waals surface area contributed by atoms with E-state index in [1.165, 1.54) is 12.8 Å². The minimum absolute atomic E-state index is 0.326. The molecule has 0 aromatic carbocycles. The van der Waals surface area contributed by atoms with E-state index in [9.17, 15) is 4.79 Å². The number of hydrogen-bond donors (Lipinski definition) is 2. The average molecular weight is 185 g/mol. The Balaban J connectivity index is 2.32. The minimum Gasteiger partial charge on any atom is -0.480 e. The van der Waals surface area contributed by atoms with Crippen LogP contribution < -0.4 is 5.32 Å². The van der Waals surface area contributed by atoms with Gasteiger partial charge in [-0.15, -0.1) is 0 Å². The maximum absolute atomic E-state index is 10.8. The highest BCUT2D eigenvalue weighted by Gasteiger charge is 2.22. The topological polar surface area (TPSA) is 49.3 Å². The van der Waals surface area contributed by atoms with E-state index in [1.54, 1.807) is 0 Å². The molecule has 0 aromatic rings. The molecular formula is C10H19NO2. The molecule has 0 heterocycles. The van der Waals surface area contributed by atoms with Gasteiger partial charge in [-0.05, 0) is 19.3 Å². The molecule has 0 aromatic heterocycles. The summed E-state index contributed by atoms with van der Waals surface area (Å²) < 4.78 is 0. The highest BCUT2D eigenvalue weighted by Crippen LogP contribution is 2.18. The Labute approximate surface area is 79.5 Å². The molecule has 0 spiro atoms. The summed E-state index contributed by atoms with van der Waals surface area (Å²) in [6, 6.07) is 0.126. The maximum Gasteiger partial charge on any atom is 0.320 e. The first-order chi connectivity index (χ1) is 6.24. The van der Waals surface area contributed by atoms with Crippen molar-refractivity contribution in [3.8, 4) is 0 Å². The van der Waals surface area contributed by atoms with Gasteiger partial charge in [0.1, 0.15) is 6.04 Å². The van der Waals surface area contributed by atoms with Crippen LogP contribution in [0.3, 0.4) is 0 Å². The van der Waals surface area contributed by atoms with Crippen LogP contribution in [0, 0.1) is 0 Å². The zero-order chi connectivity index (χ0) is 9.68. The van der Waals surface area contributed by atoms with Crippen LogP contribution in [0.4, 0.5) is 0 Å². The van der Waals surface area contributed by atoms with Crippen molar-refractivity contribution in [2.75, 3.05) is 0 Å². The Kier molecular flexibility index (Phi) is 4.22. The third-order valence-electron chi connectivity index (χ3n) is 2.67. The Hall–Kier alpha value is -0.570. The van der Waals surface area contributed by atoms with Gasteiger partial charge in [0.2, 0.25) is 0 Å². The minimum atomic E-state index is -0.700. The first-order valence-electron chi connectivity index (χ1n) is 5.23. The van der Waals surface area contributed by atoms with E-state index in [-0.39, 0.29) is 6.04 Å². The first-order valence-corrected chi connectivity index (χ1v) is 5.23. The standard InChI is InChI=1S/C10H19NO2/c1-2-5-9(10(12)13)11-8-6-3-4-7-8/h8-9,11H,2-7H2,1H3,(H,12,13). The highest BCUT2D eigenvalue weighted by molar-refractivity contribution is 5.73. The number of nitrogens with one attached hydrogen (secondary N) is 1. The van der Waals surface area contributed by atoms with Gasteiger partial charge in [-0.3, -0.25) is 4.79 Å². The quantitative estimate of drug-likeness (QED) is 0.686. The van der Waals surface area contributed by atoms with Crippen LogP contribution in [0.1, 0.15) is 45.4 Å². The average Bonchev–Trinajstić information content (AvgIpc) is 2.56. The molecule has 1 atom stereocenters. The van der Waals surface area contributed by atoms with Crippen molar-refractivity contribution in [1.29, 1.82) is 0 Å². The normalized spacial score (nSPS) is 20.4.